The molecule has 0 aliphatic rings. The van der Waals surface area contributed by atoms with Gasteiger partial charge in [-0.25, -0.2) is 4.98 Å². The Balaban J connectivity index is 2.59. The minimum absolute atomic E-state index is 0.785. The minimum Gasteiger partial charge on any atom is -0.365 e. The Morgan fingerprint density at radius 2 is 2.70 bits per heavy atom. The van der Waals surface area contributed by atoms with Gasteiger partial charge in [-0.2, -0.15) is 12.6 Å². The van der Waals surface area contributed by atoms with Crippen LogP contribution in [0.2, 0.25) is 0 Å². The van der Waals surface area contributed by atoms with Gasteiger partial charge >= 0.3 is 0 Å². The lowest BCUT2D eigenvalue weighted by molar-refractivity contribution is 1.20. The lowest BCUT2D eigenvalue weighted by Gasteiger charge is -1.88. The lowest BCUT2D eigenvalue weighted by atomic mass is 11.0. The van der Waals surface area contributed by atoms with Crippen molar-refractivity contribution in [2.45, 2.75) is 5.03 Å². The molecule has 0 aromatic carbocycles. The lowest BCUT2D eigenvalue weighted by Crippen LogP contribution is -1.84. The maximum absolute atomic E-state index is 4.24. The van der Waals surface area contributed by atoms with Gasteiger partial charge in [0.2, 0.25) is 0 Å². The van der Waals surface area contributed by atoms with E-state index in [0.29, 0.717) is 0 Å². The highest BCUT2D eigenvalue weighted by atomic mass is 32.2. The fraction of sp³-hybridized carbons (Fsp3) is 0.400. The zero-order valence-corrected chi connectivity index (χ0v) is 8.02. The SMILES string of the molecule is CNc1nc(SCS)cs1. The number of anilines is 1. The van der Waals surface area contributed by atoms with E-state index in [1.165, 1.54) is 0 Å². The molecule has 1 N–H and O–H groups in total. The molecule has 0 aliphatic heterocycles. The number of thiol groups is 1. The van der Waals surface area contributed by atoms with Crippen LogP contribution >= 0.6 is 35.7 Å². The molecule has 0 aliphatic carbocycles. The van der Waals surface area contributed by atoms with Crippen LogP contribution in [0.5, 0.6) is 0 Å². The van der Waals surface area contributed by atoms with Crippen molar-refractivity contribution in [3.63, 3.8) is 0 Å². The Morgan fingerprint density at radius 3 is 3.20 bits per heavy atom. The maximum atomic E-state index is 4.24. The molecule has 1 aromatic rings. The van der Waals surface area contributed by atoms with Gasteiger partial charge in [-0.1, -0.05) is 11.8 Å². The highest BCUT2D eigenvalue weighted by Crippen LogP contribution is 2.23. The molecule has 10 heavy (non-hydrogen) atoms. The number of hydrogen-bond acceptors (Lipinski definition) is 5. The Kier molecular flexibility index (Phi) is 3.37. The number of rotatable bonds is 3. The minimum atomic E-state index is 0.785. The molecule has 5 heteroatoms. The van der Waals surface area contributed by atoms with Crippen LogP contribution in [0.25, 0.3) is 0 Å². The summed E-state index contributed by atoms with van der Waals surface area (Å²) in [6, 6.07) is 0. The number of thioether (sulfide) groups is 1. The molecule has 0 fully saturated rings. The van der Waals surface area contributed by atoms with E-state index in [2.05, 4.69) is 22.9 Å². The molecule has 0 saturated carbocycles. The Morgan fingerprint density at radius 1 is 1.90 bits per heavy atom. The van der Waals surface area contributed by atoms with Crippen LogP contribution in [0.4, 0.5) is 5.13 Å². The second-order valence-corrected chi connectivity index (χ2v) is 4.11. The summed E-state index contributed by atoms with van der Waals surface area (Å²) < 4.78 is 0. The van der Waals surface area contributed by atoms with Crippen LogP contribution in [0.15, 0.2) is 10.4 Å². The van der Waals surface area contributed by atoms with Crippen LogP contribution in [-0.2, 0) is 0 Å². The van der Waals surface area contributed by atoms with E-state index >= 15 is 0 Å². The molecular formula is C5H8N2S3. The third-order valence-electron chi connectivity index (χ3n) is 0.909. The average Bonchev–Trinajstić information content (AvgIpc) is 2.37. The van der Waals surface area contributed by atoms with Crippen molar-refractivity contribution in [1.29, 1.82) is 0 Å². The van der Waals surface area contributed by atoms with Gasteiger partial charge in [-0.15, -0.1) is 11.3 Å². The molecule has 1 heterocycles. The van der Waals surface area contributed by atoms with Gasteiger partial charge < -0.3 is 5.32 Å². The predicted molar refractivity (Wildman–Crippen MR) is 51.4 cm³/mol. The molecule has 0 spiro atoms. The largest absolute Gasteiger partial charge is 0.365 e. The summed E-state index contributed by atoms with van der Waals surface area (Å²) in [6.07, 6.45) is 0. The second-order valence-electron chi connectivity index (χ2n) is 1.51. The van der Waals surface area contributed by atoms with Gasteiger partial charge in [0.05, 0.1) is 0 Å². The van der Waals surface area contributed by atoms with E-state index in [-0.39, 0.29) is 0 Å². The van der Waals surface area contributed by atoms with E-state index in [0.717, 1.165) is 15.2 Å². The molecule has 0 unspecified atom stereocenters. The van der Waals surface area contributed by atoms with Gasteiger partial charge in [-0.05, 0) is 0 Å². The van der Waals surface area contributed by atoms with E-state index in [1.807, 2.05) is 12.4 Å². The zero-order chi connectivity index (χ0) is 7.40. The fourth-order valence-corrected chi connectivity index (χ4v) is 2.20. The van der Waals surface area contributed by atoms with E-state index < -0.39 is 0 Å². The first-order valence-electron chi connectivity index (χ1n) is 2.73. The number of aromatic nitrogens is 1. The van der Waals surface area contributed by atoms with Crippen LogP contribution in [0, 0.1) is 0 Å². The van der Waals surface area contributed by atoms with E-state index in [9.17, 15) is 0 Å². The van der Waals surface area contributed by atoms with E-state index in [4.69, 9.17) is 0 Å². The summed E-state index contributed by atoms with van der Waals surface area (Å²) >= 11 is 7.33. The molecule has 0 bridgehead atoms. The Labute approximate surface area is 73.8 Å². The van der Waals surface area contributed by atoms with Crippen molar-refractivity contribution in [1.82, 2.24) is 4.98 Å². The maximum Gasteiger partial charge on any atom is 0.183 e. The predicted octanol–water partition coefficient (Wildman–Crippen LogP) is 2.16. The van der Waals surface area contributed by atoms with Crippen molar-refractivity contribution in [2.24, 2.45) is 0 Å². The Hall–Kier alpha value is 0.130. The molecule has 1 rings (SSSR count). The number of nitrogens with one attached hydrogen (secondary N) is 1. The first-order valence-corrected chi connectivity index (χ1v) is 5.23. The molecule has 2 nitrogen and oxygen atoms in total. The normalized spacial score (nSPS) is 9.80. The highest BCUT2D eigenvalue weighted by molar-refractivity contribution is 8.09. The summed E-state index contributed by atoms with van der Waals surface area (Å²) in [4.78, 5) is 4.24. The fourth-order valence-electron chi connectivity index (χ4n) is 0.506. The van der Waals surface area contributed by atoms with Gasteiger partial charge in [0, 0.05) is 17.5 Å². The number of thiazole rings is 1. The molecule has 56 valence electrons. The Bertz CT molecular complexity index is 199. The van der Waals surface area contributed by atoms with E-state index in [1.54, 1.807) is 23.1 Å². The van der Waals surface area contributed by atoms with Crippen molar-refractivity contribution in [3.8, 4) is 0 Å². The van der Waals surface area contributed by atoms with Gasteiger partial charge in [0.25, 0.3) is 0 Å². The quantitative estimate of drug-likeness (QED) is 0.436. The first-order chi connectivity index (χ1) is 4.86. The van der Waals surface area contributed by atoms with Crippen molar-refractivity contribution in [2.75, 3.05) is 17.4 Å². The first kappa shape index (κ1) is 8.23. The smallest absolute Gasteiger partial charge is 0.183 e. The third kappa shape index (κ3) is 2.07. The van der Waals surface area contributed by atoms with Crippen molar-refractivity contribution >= 4 is 40.9 Å². The highest BCUT2D eigenvalue weighted by Gasteiger charge is 1.97. The molecule has 0 radical (unpaired) electrons. The average molecular weight is 192 g/mol. The number of hydrogen-bond donors (Lipinski definition) is 2. The van der Waals surface area contributed by atoms with Gasteiger partial charge in [0.1, 0.15) is 5.03 Å². The summed E-state index contributed by atoms with van der Waals surface area (Å²) in [6.45, 7) is 0. The van der Waals surface area contributed by atoms with Gasteiger partial charge in [-0.3, -0.25) is 0 Å². The molecule has 0 atom stereocenters. The molecular weight excluding hydrogens is 184 g/mol. The van der Waals surface area contributed by atoms with Crippen molar-refractivity contribution < 1.29 is 0 Å². The van der Waals surface area contributed by atoms with Crippen LogP contribution in [0.3, 0.4) is 0 Å². The van der Waals surface area contributed by atoms with Crippen molar-refractivity contribution in [3.05, 3.63) is 5.38 Å². The summed E-state index contributed by atoms with van der Waals surface area (Å²) in [5, 5.41) is 7.79. The summed E-state index contributed by atoms with van der Waals surface area (Å²) in [5.41, 5.74) is 0. The van der Waals surface area contributed by atoms with Crippen LogP contribution in [0.1, 0.15) is 0 Å². The second kappa shape index (κ2) is 4.10. The molecule has 1 aromatic heterocycles. The molecule has 0 amide bonds. The van der Waals surface area contributed by atoms with Crippen LogP contribution in [-0.4, -0.2) is 17.1 Å². The zero-order valence-electron chi connectivity index (χ0n) is 5.50. The van der Waals surface area contributed by atoms with Crippen LogP contribution < -0.4 is 5.32 Å². The standard InChI is InChI=1S/C5H8N2S3/c1-6-5-7-4(2-9-5)10-3-8/h2,8H,3H2,1H3,(H,6,7). The third-order valence-corrected chi connectivity index (χ3v) is 2.94. The number of nitrogens with zero attached hydrogens (tertiary/aromatic N) is 1. The topological polar surface area (TPSA) is 24.9 Å². The summed E-state index contributed by atoms with van der Waals surface area (Å²) in [7, 11) is 1.87. The summed E-state index contributed by atoms with van der Waals surface area (Å²) in [5.74, 6) is 0. The monoisotopic (exact) mass is 192 g/mol. The van der Waals surface area contributed by atoms with Gasteiger partial charge in [0.15, 0.2) is 5.13 Å². The molecule has 0 saturated heterocycles.